The lowest BCUT2D eigenvalue weighted by Gasteiger charge is -2.06. The van der Waals surface area contributed by atoms with Crippen molar-refractivity contribution in [1.82, 2.24) is 5.32 Å². The average Bonchev–Trinajstić information content (AvgIpc) is 2.50. The first-order chi connectivity index (χ1) is 10.1. The fourth-order valence-electron chi connectivity index (χ4n) is 1.82. The zero-order valence-corrected chi connectivity index (χ0v) is 11.6. The van der Waals surface area contributed by atoms with E-state index in [0.717, 1.165) is 10.8 Å². The van der Waals surface area contributed by atoms with E-state index in [1.807, 2.05) is 30.3 Å². The Labute approximate surface area is 121 Å². The number of benzene rings is 2. The van der Waals surface area contributed by atoms with Crippen molar-refractivity contribution in [3.63, 3.8) is 0 Å². The monoisotopic (exact) mass is 285 g/mol. The molecule has 0 aliphatic carbocycles. The van der Waals surface area contributed by atoms with Gasteiger partial charge in [0.05, 0.1) is 0 Å². The van der Waals surface area contributed by atoms with Crippen LogP contribution in [0, 0.1) is 0 Å². The second-order valence-corrected chi connectivity index (χ2v) is 4.61. The summed E-state index contributed by atoms with van der Waals surface area (Å²) in [6, 6.07) is 13.0. The highest BCUT2D eigenvalue weighted by Gasteiger charge is 2.10. The molecule has 1 amide bonds. The van der Waals surface area contributed by atoms with Gasteiger partial charge in [-0.3, -0.25) is 14.4 Å². The molecule has 2 aromatic rings. The fourth-order valence-corrected chi connectivity index (χ4v) is 1.82. The van der Waals surface area contributed by atoms with Gasteiger partial charge in [0.25, 0.3) is 5.91 Å². The summed E-state index contributed by atoms with van der Waals surface area (Å²) in [5.74, 6) is -1.25. The third-order valence-electron chi connectivity index (χ3n) is 2.84. The number of esters is 1. The average molecular weight is 285 g/mol. The van der Waals surface area contributed by atoms with Crippen LogP contribution in [0.15, 0.2) is 42.5 Å². The Morgan fingerprint density at radius 3 is 2.48 bits per heavy atom. The molecular formula is C16H15NO4. The normalized spacial score (nSPS) is 10.1. The molecule has 0 aliphatic heterocycles. The molecule has 0 unspecified atom stereocenters. The van der Waals surface area contributed by atoms with E-state index in [4.69, 9.17) is 0 Å². The summed E-state index contributed by atoms with van der Waals surface area (Å²) in [4.78, 5) is 33.9. The van der Waals surface area contributed by atoms with Crippen LogP contribution in [0.4, 0.5) is 0 Å². The first-order valence-electron chi connectivity index (χ1n) is 6.48. The lowest BCUT2D eigenvalue weighted by molar-refractivity contribution is -0.146. The van der Waals surface area contributed by atoms with E-state index >= 15 is 0 Å². The van der Waals surface area contributed by atoms with Gasteiger partial charge in [0.15, 0.2) is 5.78 Å². The fraction of sp³-hybridized carbons (Fsp3) is 0.188. The van der Waals surface area contributed by atoms with Crippen molar-refractivity contribution in [1.29, 1.82) is 0 Å². The van der Waals surface area contributed by atoms with E-state index in [0.29, 0.717) is 5.56 Å². The first kappa shape index (κ1) is 14.7. The molecule has 108 valence electrons. The molecule has 0 aliphatic rings. The zero-order valence-electron chi connectivity index (χ0n) is 11.6. The van der Waals surface area contributed by atoms with E-state index in [9.17, 15) is 14.4 Å². The Bertz CT molecular complexity index is 693. The maximum atomic E-state index is 11.9. The highest BCUT2D eigenvalue weighted by atomic mass is 16.5. The lowest BCUT2D eigenvalue weighted by Crippen LogP contribution is -2.31. The molecule has 0 aromatic heterocycles. The Kier molecular flexibility index (Phi) is 4.66. The second kappa shape index (κ2) is 6.65. The molecule has 5 heteroatoms. The van der Waals surface area contributed by atoms with E-state index in [2.05, 4.69) is 10.1 Å². The SMILES string of the molecule is CC(=O)COC(=O)CNC(=O)c1ccc2ccccc2c1. The standard InChI is InChI=1S/C16H15NO4/c1-11(18)10-21-15(19)9-17-16(20)14-7-6-12-4-2-3-5-13(12)8-14/h2-8H,9-10H2,1H3,(H,17,20). The summed E-state index contributed by atoms with van der Waals surface area (Å²) >= 11 is 0. The molecule has 2 rings (SSSR count). The highest BCUT2D eigenvalue weighted by molar-refractivity contribution is 5.99. The zero-order chi connectivity index (χ0) is 15.2. The molecule has 0 saturated heterocycles. The maximum Gasteiger partial charge on any atom is 0.325 e. The number of nitrogens with one attached hydrogen (secondary N) is 1. The van der Waals surface area contributed by atoms with Gasteiger partial charge in [0.1, 0.15) is 13.2 Å². The van der Waals surface area contributed by atoms with Crippen LogP contribution in [0.25, 0.3) is 10.8 Å². The smallest absolute Gasteiger partial charge is 0.325 e. The van der Waals surface area contributed by atoms with E-state index < -0.39 is 5.97 Å². The summed E-state index contributed by atoms with van der Waals surface area (Å²) < 4.78 is 4.66. The number of ether oxygens (including phenoxy) is 1. The van der Waals surface area contributed by atoms with Crippen molar-refractivity contribution in [2.45, 2.75) is 6.92 Å². The van der Waals surface area contributed by atoms with Gasteiger partial charge in [-0.1, -0.05) is 30.3 Å². The van der Waals surface area contributed by atoms with Crippen LogP contribution < -0.4 is 5.32 Å². The minimum absolute atomic E-state index is 0.246. The Balaban J connectivity index is 1.95. The number of rotatable bonds is 5. The maximum absolute atomic E-state index is 11.9. The van der Waals surface area contributed by atoms with Crippen molar-refractivity contribution in [3.05, 3.63) is 48.0 Å². The molecule has 5 nitrogen and oxygen atoms in total. The van der Waals surface area contributed by atoms with E-state index in [-0.39, 0.29) is 24.8 Å². The molecule has 0 heterocycles. The van der Waals surface area contributed by atoms with Crippen molar-refractivity contribution in [2.24, 2.45) is 0 Å². The van der Waals surface area contributed by atoms with Crippen LogP contribution in [0.2, 0.25) is 0 Å². The number of Topliss-reactive ketones (excluding diaryl/α,β-unsaturated/α-hetero) is 1. The number of hydrogen-bond acceptors (Lipinski definition) is 4. The predicted octanol–water partition coefficient (Wildman–Crippen LogP) is 1.70. The van der Waals surface area contributed by atoms with Crippen LogP contribution in [0.1, 0.15) is 17.3 Å². The quantitative estimate of drug-likeness (QED) is 0.849. The van der Waals surface area contributed by atoms with Crippen LogP contribution in [0.5, 0.6) is 0 Å². The molecule has 2 aromatic carbocycles. The third-order valence-corrected chi connectivity index (χ3v) is 2.84. The summed E-state index contributed by atoms with van der Waals surface area (Å²) in [6.07, 6.45) is 0. The van der Waals surface area contributed by atoms with Crippen LogP contribution in [-0.2, 0) is 14.3 Å². The minimum Gasteiger partial charge on any atom is -0.456 e. The van der Waals surface area contributed by atoms with E-state index in [1.165, 1.54) is 6.92 Å². The Morgan fingerprint density at radius 2 is 1.76 bits per heavy atom. The van der Waals surface area contributed by atoms with Gasteiger partial charge < -0.3 is 10.1 Å². The number of fused-ring (bicyclic) bond motifs is 1. The third kappa shape index (κ3) is 4.14. The van der Waals surface area contributed by atoms with Crippen molar-refractivity contribution in [2.75, 3.05) is 13.2 Å². The summed E-state index contributed by atoms with van der Waals surface area (Å²) in [5, 5.41) is 4.45. The molecule has 0 radical (unpaired) electrons. The lowest BCUT2D eigenvalue weighted by atomic mass is 10.1. The Hall–Kier alpha value is -2.69. The highest BCUT2D eigenvalue weighted by Crippen LogP contribution is 2.15. The number of amides is 1. The number of carbonyl (C=O) groups is 3. The molecule has 0 saturated carbocycles. The summed E-state index contributed by atoms with van der Waals surface area (Å²) in [6.45, 7) is 0.782. The van der Waals surface area contributed by atoms with Gasteiger partial charge >= 0.3 is 5.97 Å². The molecule has 0 spiro atoms. The van der Waals surface area contributed by atoms with Crippen molar-refractivity contribution in [3.8, 4) is 0 Å². The first-order valence-corrected chi connectivity index (χ1v) is 6.48. The number of carbonyl (C=O) groups excluding carboxylic acids is 3. The number of hydrogen-bond donors (Lipinski definition) is 1. The molecule has 0 fully saturated rings. The topological polar surface area (TPSA) is 72.5 Å². The van der Waals surface area contributed by atoms with E-state index in [1.54, 1.807) is 12.1 Å². The van der Waals surface area contributed by atoms with Crippen LogP contribution in [-0.4, -0.2) is 30.8 Å². The van der Waals surface area contributed by atoms with Crippen molar-refractivity contribution >= 4 is 28.4 Å². The van der Waals surface area contributed by atoms with Gasteiger partial charge in [-0.05, 0) is 29.8 Å². The molecule has 0 atom stereocenters. The summed E-state index contributed by atoms with van der Waals surface area (Å²) in [5.41, 5.74) is 0.466. The largest absolute Gasteiger partial charge is 0.456 e. The number of ketones is 1. The van der Waals surface area contributed by atoms with Gasteiger partial charge in [0, 0.05) is 5.56 Å². The predicted molar refractivity (Wildman–Crippen MR) is 77.9 cm³/mol. The molecule has 0 bridgehead atoms. The molecule has 21 heavy (non-hydrogen) atoms. The second-order valence-electron chi connectivity index (χ2n) is 4.61. The van der Waals surface area contributed by atoms with Gasteiger partial charge in [0.2, 0.25) is 0 Å². The van der Waals surface area contributed by atoms with Gasteiger partial charge in [-0.25, -0.2) is 0 Å². The summed E-state index contributed by atoms with van der Waals surface area (Å²) in [7, 11) is 0. The minimum atomic E-state index is -0.640. The Morgan fingerprint density at radius 1 is 1.05 bits per heavy atom. The van der Waals surface area contributed by atoms with Crippen molar-refractivity contribution < 1.29 is 19.1 Å². The molecular weight excluding hydrogens is 270 g/mol. The van der Waals surface area contributed by atoms with Crippen LogP contribution in [0.3, 0.4) is 0 Å². The molecule has 1 N–H and O–H groups in total. The van der Waals surface area contributed by atoms with Gasteiger partial charge in [-0.2, -0.15) is 0 Å². The van der Waals surface area contributed by atoms with Gasteiger partial charge in [-0.15, -0.1) is 0 Å². The van der Waals surface area contributed by atoms with Crippen LogP contribution >= 0.6 is 0 Å².